The van der Waals surface area contributed by atoms with Gasteiger partial charge in [-0.1, -0.05) is 34.8 Å². The van der Waals surface area contributed by atoms with Crippen molar-refractivity contribution in [3.63, 3.8) is 0 Å². The maximum absolute atomic E-state index is 10.5. The number of nitro groups is 1. The van der Waals surface area contributed by atoms with Gasteiger partial charge in [-0.2, -0.15) is 0 Å². The van der Waals surface area contributed by atoms with Gasteiger partial charge in [0.2, 0.25) is 3.79 Å². The summed E-state index contributed by atoms with van der Waals surface area (Å²) in [7, 11) is 0. The van der Waals surface area contributed by atoms with Crippen LogP contribution in [-0.2, 0) is 0 Å². The molecule has 5 nitrogen and oxygen atoms in total. The minimum atomic E-state index is -1.55. The molecule has 1 aromatic carbocycles. The van der Waals surface area contributed by atoms with E-state index in [1.807, 2.05) is 0 Å². The first-order chi connectivity index (χ1) is 8.21. The zero-order chi connectivity index (χ0) is 13.9. The number of nitro benzene ring substituents is 1. The molecule has 0 saturated carbocycles. The number of quaternary nitrogens is 1. The van der Waals surface area contributed by atoms with Crippen LogP contribution < -0.4 is 5.73 Å². The van der Waals surface area contributed by atoms with Gasteiger partial charge in [0.15, 0.2) is 0 Å². The van der Waals surface area contributed by atoms with Crippen LogP contribution in [-0.4, -0.2) is 19.9 Å². The van der Waals surface area contributed by atoms with E-state index < -0.39 is 20.9 Å². The highest BCUT2D eigenvalue weighted by Gasteiger charge is 2.34. The molecule has 0 bridgehead atoms. The molecule has 0 aromatic heterocycles. The summed E-state index contributed by atoms with van der Waals surface area (Å²) in [5.74, 6) is 0. The van der Waals surface area contributed by atoms with Gasteiger partial charge in [-0.25, -0.2) is 0 Å². The van der Waals surface area contributed by atoms with E-state index in [1.165, 1.54) is 24.3 Å². The molecule has 0 aliphatic rings. The van der Waals surface area contributed by atoms with E-state index in [0.29, 0.717) is 5.56 Å². The van der Waals surface area contributed by atoms with Crippen molar-refractivity contribution in [1.29, 1.82) is 0 Å². The van der Waals surface area contributed by atoms with Gasteiger partial charge in [0.05, 0.1) is 11.0 Å². The van der Waals surface area contributed by atoms with Crippen molar-refractivity contribution in [3.05, 3.63) is 39.9 Å². The molecule has 0 saturated heterocycles. The number of benzene rings is 1. The number of hydrogen-bond acceptors (Lipinski definition) is 3. The number of aliphatic hydroxyl groups is 1. The summed E-state index contributed by atoms with van der Waals surface area (Å²) in [6.07, 6.45) is -0.738. The zero-order valence-corrected chi connectivity index (χ0v) is 11.5. The maximum Gasteiger partial charge on any atom is 0.269 e. The van der Waals surface area contributed by atoms with E-state index in [-0.39, 0.29) is 12.1 Å². The first kappa shape index (κ1) is 15.5. The van der Waals surface area contributed by atoms with Crippen molar-refractivity contribution < 1.29 is 15.8 Å². The number of nitrogens with zero attached hydrogens (tertiary/aromatic N) is 1. The normalized spacial score (nSPS) is 15.2. The molecule has 18 heavy (non-hydrogen) atoms. The van der Waals surface area contributed by atoms with Gasteiger partial charge in [0, 0.05) is 18.6 Å². The second-order valence-electron chi connectivity index (χ2n) is 3.84. The summed E-state index contributed by atoms with van der Waals surface area (Å²) in [5, 5.41) is 20.4. The maximum atomic E-state index is 10.5. The Morgan fingerprint density at radius 1 is 1.33 bits per heavy atom. The Morgan fingerprint density at radius 3 is 2.22 bits per heavy atom. The third kappa shape index (κ3) is 4.26. The van der Waals surface area contributed by atoms with Crippen LogP contribution in [0.1, 0.15) is 18.1 Å². The summed E-state index contributed by atoms with van der Waals surface area (Å²) >= 11 is 16.9. The Balaban J connectivity index is 2.73. The van der Waals surface area contributed by atoms with Crippen molar-refractivity contribution in [3.8, 4) is 0 Å². The Bertz CT molecular complexity index is 419. The lowest BCUT2D eigenvalue weighted by atomic mass is 10.0. The molecular formula is C10H12Cl3N2O3+. The molecule has 0 aliphatic heterocycles. The zero-order valence-electron chi connectivity index (χ0n) is 9.22. The predicted octanol–water partition coefficient (Wildman–Crippen LogP) is 2.00. The molecule has 0 spiro atoms. The Hall–Kier alpha value is -0.590. The molecule has 0 aliphatic carbocycles. The highest BCUT2D eigenvalue weighted by atomic mass is 35.6. The van der Waals surface area contributed by atoms with Gasteiger partial charge >= 0.3 is 0 Å². The number of aliphatic hydroxyl groups excluding tert-OH is 1. The molecule has 0 fully saturated rings. The average molecular weight is 315 g/mol. The van der Waals surface area contributed by atoms with E-state index in [4.69, 9.17) is 34.8 Å². The lowest BCUT2D eigenvalue weighted by Crippen LogP contribution is -2.67. The van der Waals surface area contributed by atoms with Crippen molar-refractivity contribution >= 4 is 40.5 Å². The molecule has 0 unspecified atom stereocenters. The lowest BCUT2D eigenvalue weighted by Gasteiger charge is -2.19. The third-order valence-corrected chi connectivity index (χ3v) is 3.39. The van der Waals surface area contributed by atoms with E-state index in [0.717, 1.165) is 0 Å². The summed E-state index contributed by atoms with van der Waals surface area (Å²) in [4.78, 5) is 9.96. The lowest BCUT2D eigenvalue weighted by molar-refractivity contribution is -0.422. The van der Waals surface area contributed by atoms with Gasteiger partial charge in [-0.3, -0.25) is 10.1 Å². The van der Waals surface area contributed by atoms with E-state index in [9.17, 15) is 15.2 Å². The summed E-state index contributed by atoms with van der Waals surface area (Å²) < 4.78 is -1.55. The largest absolute Gasteiger partial charge is 0.388 e. The Kier molecular flexibility index (Phi) is 5.19. The van der Waals surface area contributed by atoms with Gasteiger partial charge < -0.3 is 10.8 Å². The molecule has 1 rings (SSSR count). The van der Waals surface area contributed by atoms with Crippen molar-refractivity contribution in [1.82, 2.24) is 0 Å². The molecule has 0 amide bonds. The molecule has 0 radical (unpaired) electrons. The van der Waals surface area contributed by atoms with Crippen LogP contribution in [0.25, 0.3) is 0 Å². The summed E-state index contributed by atoms with van der Waals surface area (Å²) in [6, 6.07) is 4.97. The number of halogens is 3. The van der Waals surface area contributed by atoms with Crippen LogP contribution in [0.15, 0.2) is 24.3 Å². The summed E-state index contributed by atoms with van der Waals surface area (Å²) in [5.41, 5.74) is 4.13. The van der Waals surface area contributed by atoms with Gasteiger partial charge in [0.25, 0.3) is 5.69 Å². The topological polar surface area (TPSA) is 91.0 Å². The second-order valence-corrected chi connectivity index (χ2v) is 6.21. The number of hydrogen-bond donors (Lipinski definition) is 2. The van der Waals surface area contributed by atoms with Crippen molar-refractivity contribution in [2.75, 3.05) is 0 Å². The first-order valence-corrected chi connectivity index (χ1v) is 6.17. The minimum Gasteiger partial charge on any atom is -0.388 e. The third-order valence-electron chi connectivity index (χ3n) is 2.46. The van der Waals surface area contributed by atoms with Crippen molar-refractivity contribution in [2.24, 2.45) is 0 Å². The highest BCUT2D eigenvalue weighted by molar-refractivity contribution is 6.68. The number of rotatable bonds is 4. The van der Waals surface area contributed by atoms with E-state index >= 15 is 0 Å². The van der Waals surface area contributed by atoms with Gasteiger partial charge in [-0.05, 0) is 17.7 Å². The van der Waals surface area contributed by atoms with Crippen LogP contribution in [0.3, 0.4) is 0 Å². The number of alkyl halides is 3. The molecule has 1 aromatic rings. The molecule has 4 N–H and O–H groups in total. The predicted molar refractivity (Wildman–Crippen MR) is 69.6 cm³/mol. The standard InChI is InChI=1S/C10H11Cl3N2O3/c11-10(12,13)9(14)5-8(16)6-1-3-7(4-2-6)15(17)18/h1-4,8-9,16H,5,14H2/p+1/t8-,9+/m0/s1. The second kappa shape index (κ2) is 6.04. The molecule has 0 heterocycles. The quantitative estimate of drug-likeness (QED) is 0.506. The molecule has 8 heteroatoms. The van der Waals surface area contributed by atoms with Crippen LogP contribution in [0, 0.1) is 10.1 Å². The fourth-order valence-corrected chi connectivity index (χ4v) is 1.62. The highest BCUT2D eigenvalue weighted by Crippen LogP contribution is 2.32. The number of non-ortho nitro benzene ring substituents is 1. The van der Waals surface area contributed by atoms with Gasteiger partial charge in [0.1, 0.15) is 6.04 Å². The van der Waals surface area contributed by atoms with Crippen molar-refractivity contribution in [2.45, 2.75) is 22.4 Å². The molecule has 2 atom stereocenters. The van der Waals surface area contributed by atoms with E-state index in [1.54, 1.807) is 0 Å². The minimum absolute atomic E-state index is 0.0431. The van der Waals surface area contributed by atoms with Crippen LogP contribution >= 0.6 is 34.8 Å². The molecule has 100 valence electrons. The first-order valence-electron chi connectivity index (χ1n) is 5.04. The SMILES string of the molecule is [NH3+][C@H](C[C@H](O)c1ccc([N+](=O)[O-])cc1)C(Cl)(Cl)Cl. The monoisotopic (exact) mass is 313 g/mol. The fraction of sp³-hybridized carbons (Fsp3) is 0.400. The average Bonchev–Trinajstić information content (AvgIpc) is 2.27. The van der Waals surface area contributed by atoms with Crippen LogP contribution in [0.5, 0.6) is 0 Å². The Morgan fingerprint density at radius 2 is 1.83 bits per heavy atom. The smallest absolute Gasteiger partial charge is 0.269 e. The van der Waals surface area contributed by atoms with Crippen LogP contribution in [0.4, 0.5) is 5.69 Å². The summed E-state index contributed by atoms with van der Waals surface area (Å²) in [6.45, 7) is 0. The van der Waals surface area contributed by atoms with Gasteiger partial charge in [-0.15, -0.1) is 0 Å². The molecular weight excluding hydrogens is 302 g/mol. The Labute approximate surface area is 119 Å². The van der Waals surface area contributed by atoms with Crippen LogP contribution in [0.2, 0.25) is 0 Å². The van der Waals surface area contributed by atoms with E-state index in [2.05, 4.69) is 5.73 Å². The fourth-order valence-electron chi connectivity index (χ4n) is 1.36.